The van der Waals surface area contributed by atoms with Crippen LogP contribution >= 0.6 is 0 Å². The molecule has 86 valence electrons. The molecule has 0 heterocycles. The molecule has 0 aliphatic heterocycles. The van der Waals surface area contributed by atoms with E-state index < -0.39 is 0 Å². The molecular formula is C14H22Fe. The zero-order chi connectivity index (χ0) is 10.2. The molecule has 1 aliphatic carbocycles. The van der Waals surface area contributed by atoms with Crippen LogP contribution in [-0.4, -0.2) is 0 Å². The fourth-order valence-electron chi connectivity index (χ4n) is 1.72. The Morgan fingerprint density at radius 2 is 1.20 bits per heavy atom. The van der Waals surface area contributed by atoms with Gasteiger partial charge in [0.1, 0.15) is 0 Å². The second-order valence-corrected chi connectivity index (χ2v) is 4.33. The molecule has 1 heteroatoms. The van der Waals surface area contributed by atoms with Gasteiger partial charge in [0.25, 0.3) is 0 Å². The van der Waals surface area contributed by atoms with E-state index in [1.54, 1.807) is 0 Å². The van der Waals surface area contributed by atoms with E-state index >= 15 is 0 Å². The Hall–Kier alpha value is -0.261. The van der Waals surface area contributed by atoms with E-state index in [1.165, 1.54) is 37.7 Å². The standard InChI is InChI=1S/C9H12.C5H10.Fe/c1-8(2)9-6-4-3-5-7-9;1-2-4-5-3-1;/h3-8H,1-2H3;1-5H2;. The maximum Gasteiger partial charge on any atom is 0 e. The minimum atomic E-state index is 0. The second-order valence-electron chi connectivity index (χ2n) is 4.33. The van der Waals surface area contributed by atoms with Crippen LogP contribution in [0.25, 0.3) is 0 Å². The van der Waals surface area contributed by atoms with Gasteiger partial charge in [-0.15, -0.1) is 0 Å². The molecule has 1 aromatic rings. The predicted octanol–water partition coefficient (Wildman–Crippen LogP) is 4.76. The topological polar surface area (TPSA) is 0 Å². The van der Waals surface area contributed by atoms with Crippen LogP contribution in [0.1, 0.15) is 57.4 Å². The van der Waals surface area contributed by atoms with E-state index in [1.807, 2.05) is 6.07 Å². The molecule has 0 amide bonds. The molecule has 0 radical (unpaired) electrons. The molecule has 1 saturated carbocycles. The summed E-state index contributed by atoms with van der Waals surface area (Å²) in [4.78, 5) is 0. The van der Waals surface area contributed by atoms with Crippen LogP contribution in [0.4, 0.5) is 0 Å². The molecule has 2 rings (SSSR count). The average Bonchev–Trinajstić information content (AvgIpc) is 2.77. The van der Waals surface area contributed by atoms with Gasteiger partial charge in [0, 0.05) is 17.1 Å². The summed E-state index contributed by atoms with van der Waals surface area (Å²) in [5.74, 6) is 0.659. The van der Waals surface area contributed by atoms with E-state index in [-0.39, 0.29) is 17.1 Å². The monoisotopic (exact) mass is 246 g/mol. The molecular weight excluding hydrogens is 224 g/mol. The van der Waals surface area contributed by atoms with Gasteiger partial charge in [-0.3, -0.25) is 0 Å². The van der Waals surface area contributed by atoms with Crippen molar-refractivity contribution in [3.8, 4) is 0 Å². The van der Waals surface area contributed by atoms with Gasteiger partial charge in [-0.05, 0) is 11.5 Å². The third-order valence-corrected chi connectivity index (χ3v) is 2.72. The van der Waals surface area contributed by atoms with Crippen LogP contribution in [0.3, 0.4) is 0 Å². The first-order valence-electron chi connectivity index (χ1n) is 5.85. The van der Waals surface area contributed by atoms with Crippen LogP contribution in [-0.2, 0) is 17.1 Å². The van der Waals surface area contributed by atoms with Gasteiger partial charge < -0.3 is 0 Å². The summed E-state index contributed by atoms with van der Waals surface area (Å²) in [6.45, 7) is 4.41. The molecule has 0 unspecified atom stereocenters. The first-order valence-corrected chi connectivity index (χ1v) is 5.85. The Labute approximate surface area is 105 Å². The third kappa shape index (κ3) is 6.76. The van der Waals surface area contributed by atoms with Gasteiger partial charge in [-0.2, -0.15) is 0 Å². The van der Waals surface area contributed by atoms with Crippen LogP contribution in [0.5, 0.6) is 0 Å². The van der Waals surface area contributed by atoms with Crippen molar-refractivity contribution in [3.63, 3.8) is 0 Å². The third-order valence-electron chi connectivity index (χ3n) is 2.72. The molecule has 1 aliphatic rings. The summed E-state index contributed by atoms with van der Waals surface area (Å²) in [6.07, 6.45) is 7.50. The molecule has 1 aromatic carbocycles. The van der Waals surface area contributed by atoms with Crippen LogP contribution in [0.2, 0.25) is 0 Å². The second kappa shape index (κ2) is 9.00. The van der Waals surface area contributed by atoms with Crippen molar-refractivity contribution in [1.29, 1.82) is 0 Å². The summed E-state index contributed by atoms with van der Waals surface area (Å²) < 4.78 is 0. The number of hydrogen-bond acceptors (Lipinski definition) is 0. The van der Waals surface area contributed by atoms with Crippen molar-refractivity contribution in [2.45, 2.75) is 51.9 Å². The summed E-state index contributed by atoms with van der Waals surface area (Å²) >= 11 is 0. The smallest absolute Gasteiger partial charge is 0 e. The van der Waals surface area contributed by atoms with E-state index in [2.05, 4.69) is 38.1 Å². The van der Waals surface area contributed by atoms with Crippen LogP contribution < -0.4 is 0 Å². The van der Waals surface area contributed by atoms with Crippen molar-refractivity contribution in [1.82, 2.24) is 0 Å². The van der Waals surface area contributed by atoms with Gasteiger partial charge in [-0.25, -0.2) is 0 Å². The van der Waals surface area contributed by atoms with Crippen molar-refractivity contribution in [2.24, 2.45) is 0 Å². The van der Waals surface area contributed by atoms with Gasteiger partial charge in [0.15, 0.2) is 0 Å². The van der Waals surface area contributed by atoms with Gasteiger partial charge in [0.05, 0.1) is 0 Å². The van der Waals surface area contributed by atoms with Crippen LogP contribution in [0.15, 0.2) is 30.3 Å². The minimum absolute atomic E-state index is 0. The molecule has 0 N–H and O–H groups in total. The molecule has 0 spiro atoms. The molecule has 0 bridgehead atoms. The average molecular weight is 246 g/mol. The molecule has 15 heavy (non-hydrogen) atoms. The fourth-order valence-corrected chi connectivity index (χ4v) is 1.72. The van der Waals surface area contributed by atoms with Crippen LogP contribution in [0, 0.1) is 0 Å². The Balaban J connectivity index is 0.000000280. The fraction of sp³-hybridized carbons (Fsp3) is 0.571. The predicted molar refractivity (Wildman–Crippen MR) is 63.6 cm³/mol. The summed E-state index contributed by atoms with van der Waals surface area (Å²) in [7, 11) is 0. The summed E-state index contributed by atoms with van der Waals surface area (Å²) in [5.41, 5.74) is 1.41. The Bertz CT molecular complexity index is 217. The van der Waals surface area contributed by atoms with E-state index in [9.17, 15) is 0 Å². The zero-order valence-corrected chi connectivity index (χ0v) is 11.0. The largest absolute Gasteiger partial charge is 0.0622 e. The first kappa shape index (κ1) is 14.7. The van der Waals surface area contributed by atoms with E-state index in [0.717, 1.165) is 0 Å². The zero-order valence-electron chi connectivity index (χ0n) is 9.85. The van der Waals surface area contributed by atoms with Crippen molar-refractivity contribution < 1.29 is 17.1 Å². The molecule has 0 nitrogen and oxygen atoms in total. The molecule has 0 saturated heterocycles. The van der Waals surface area contributed by atoms with E-state index in [0.29, 0.717) is 5.92 Å². The van der Waals surface area contributed by atoms with Crippen molar-refractivity contribution in [2.75, 3.05) is 0 Å². The molecule has 0 aromatic heterocycles. The molecule has 0 atom stereocenters. The molecule has 1 fully saturated rings. The summed E-state index contributed by atoms with van der Waals surface area (Å²) in [6, 6.07) is 10.5. The Kier molecular flexibility index (Phi) is 8.84. The maximum atomic E-state index is 2.20. The Morgan fingerprint density at radius 1 is 0.800 bits per heavy atom. The minimum Gasteiger partial charge on any atom is -0.0622 e. The number of hydrogen-bond donors (Lipinski definition) is 0. The van der Waals surface area contributed by atoms with Crippen molar-refractivity contribution >= 4 is 0 Å². The van der Waals surface area contributed by atoms with Gasteiger partial charge in [-0.1, -0.05) is 76.3 Å². The quantitative estimate of drug-likeness (QED) is 0.627. The van der Waals surface area contributed by atoms with Crippen molar-refractivity contribution in [3.05, 3.63) is 35.9 Å². The number of benzene rings is 1. The first-order chi connectivity index (χ1) is 6.80. The Morgan fingerprint density at radius 3 is 1.47 bits per heavy atom. The van der Waals surface area contributed by atoms with Gasteiger partial charge in [0.2, 0.25) is 0 Å². The van der Waals surface area contributed by atoms with Gasteiger partial charge >= 0.3 is 0 Å². The number of rotatable bonds is 1. The SMILES string of the molecule is C1CCCC1.CC(C)c1ccccc1.[Fe]. The summed E-state index contributed by atoms with van der Waals surface area (Å²) in [5, 5.41) is 0. The normalized spacial score (nSPS) is 14.1. The van der Waals surface area contributed by atoms with E-state index in [4.69, 9.17) is 0 Å². The maximum absolute atomic E-state index is 2.20.